The van der Waals surface area contributed by atoms with Gasteiger partial charge in [0, 0.05) is 26.3 Å². The second-order valence-electron chi connectivity index (χ2n) is 3.69. The number of aliphatic hydroxyl groups excluding tert-OH is 1. The van der Waals surface area contributed by atoms with E-state index in [0.29, 0.717) is 13.0 Å². The molecule has 108 valence electrons. The maximum absolute atomic E-state index is 12.6. The lowest BCUT2D eigenvalue weighted by Gasteiger charge is -2.22. The number of ether oxygens (including phenoxy) is 1. The SMILES string of the molecule is COCCC(CO)NCC(C(N)=NO)C(F)(F)F. The van der Waals surface area contributed by atoms with E-state index in [-0.39, 0.29) is 6.61 Å². The van der Waals surface area contributed by atoms with Crippen molar-refractivity contribution < 1.29 is 28.2 Å². The number of halogens is 3. The molecule has 0 heterocycles. The van der Waals surface area contributed by atoms with Crippen LogP contribution in [-0.2, 0) is 4.74 Å². The summed E-state index contributed by atoms with van der Waals surface area (Å²) in [5.41, 5.74) is 4.98. The van der Waals surface area contributed by atoms with Crippen LogP contribution in [0.1, 0.15) is 6.42 Å². The fraction of sp³-hybridized carbons (Fsp3) is 0.889. The van der Waals surface area contributed by atoms with Crippen LogP contribution in [0.2, 0.25) is 0 Å². The summed E-state index contributed by atoms with van der Waals surface area (Å²) in [6, 6.07) is -0.540. The van der Waals surface area contributed by atoms with E-state index in [2.05, 4.69) is 10.5 Å². The van der Waals surface area contributed by atoms with Gasteiger partial charge in [0.15, 0.2) is 5.84 Å². The zero-order chi connectivity index (χ0) is 14.2. The van der Waals surface area contributed by atoms with Crippen LogP contribution in [0.15, 0.2) is 5.16 Å². The Hall–Kier alpha value is -1.06. The number of hydrogen-bond donors (Lipinski definition) is 4. The molecule has 0 aromatic heterocycles. The summed E-state index contributed by atoms with van der Waals surface area (Å²) in [5, 5.41) is 22.1. The maximum Gasteiger partial charge on any atom is 0.400 e. The molecule has 2 unspecified atom stereocenters. The van der Waals surface area contributed by atoms with Crippen molar-refractivity contribution in [1.82, 2.24) is 5.32 Å². The molecule has 0 aromatic rings. The minimum absolute atomic E-state index is 0.304. The van der Waals surface area contributed by atoms with Crippen LogP contribution in [0.5, 0.6) is 0 Å². The second-order valence-corrected chi connectivity index (χ2v) is 3.69. The van der Waals surface area contributed by atoms with E-state index >= 15 is 0 Å². The van der Waals surface area contributed by atoms with Gasteiger partial charge in [-0.25, -0.2) is 0 Å². The van der Waals surface area contributed by atoms with Crippen LogP contribution in [0.4, 0.5) is 13.2 Å². The zero-order valence-electron chi connectivity index (χ0n) is 9.94. The van der Waals surface area contributed by atoms with Crippen molar-refractivity contribution in [3.05, 3.63) is 0 Å². The Morgan fingerprint density at radius 3 is 2.50 bits per heavy atom. The topological polar surface area (TPSA) is 100 Å². The predicted molar refractivity (Wildman–Crippen MR) is 58.3 cm³/mol. The van der Waals surface area contributed by atoms with Gasteiger partial charge >= 0.3 is 6.18 Å². The number of nitrogens with zero attached hydrogens (tertiary/aromatic N) is 1. The number of rotatable bonds is 8. The molecular weight excluding hydrogens is 255 g/mol. The summed E-state index contributed by atoms with van der Waals surface area (Å²) >= 11 is 0. The van der Waals surface area contributed by atoms with Crippen LogP contribution < -0.4 is 11.1 Å². The van der Waals surface area contributed by atoms with Gasteiger partial charge in [-0.1, -0.05) is 5.16 Å². The fourth-order valence-electron chi connectivity index (χ4n) is 1.26. The number of nitrogens with two attached hydrogens (primary N) is 1. The highest BCUT2D eigenvalue weighted by molar-refractivity contribution is 5.83. The summed E-state index contributed by atoms with van der Waals surface area (Å²) in [6.07, 6.45) is -4.27. The van der Waals surface area contributed by atoms with Gasteiger partial charge in [0.1, 0.15) is 5.92 Å². The lowest BCUT2D eigenvalue weighted by Crippen LogP contribution is -2.46. The molecule has 0 amide bonds. The van der Waals surface area contributed by atoms with Crippen molar-refractivity contribution in [2.45, 2.75) is 18.6 Å². The fourth-order valence-corrected chi connectivity index (χ4v) is 1.26. The highest BCUT2D eigenvalue weighted by Crippen LogP contribution is 2.26. The molecule has 0 spiro atoms. The van der Waals surface area contributed by atoms with Gasteiger partial charge in [0.2, 0.25) is 0 Å². The van der Waals surface area contributed by atoms with Crippen molar-refractivity contribution in [2.75, 3.05) is 26.9 Å². The number of nitrogens with one attached hydrogen (secondary N) is 1. The molecule has 0 aliphatic rings. The van der Waals surface area contributed by atoms with Gasteiger partial charge in [-0.15, -0.1) is 0 Å². The molecule has 0 fully saturated rings. The quantitative estimate of drug-likeness (QED) is 0.214. The van der Waals surface area contributed by atoms with Crippen molar-refractivity contribution >= 4 is 5.84 Å². The number of amidine groups is 1. The van der Waals surface area contributed by atoms with Crippen molar-refractivity contribution in [3.8, 4) is 0 Å². The Morgan fingerprint density at radius 2 is 2.11 bits per heavy atom. The normalized spacial score (nSPS) is 16.6. The average molecular weight is 273 g/mol. The third-order valence-corrected chi connectivity index (χ3v) is 2.37. The van der Waals surface area contributed by atoms with Crippen LogP contribution in [0.25, 0.3) is 0 Å². The molecule has 0 saturated carbocycles. The van der Waals surface area contributed by atoms with E-state index in [9.17, 15) is 13.2 Å². The van der Waals surface area contributed by atoms with Crippen molar-refractivity contribution in [1.29, 1.82) is 0 Å². The smallest absolute Gasteiger partial charge is 0.400 e. The molecule has 0 aromatic carbocycles. The first kappa shape index (κ1) is 16.9. The van der Waals surface area contributed by atoms with Gasteiger partial charge in [0.05, 0.1) is 6.61 Å². The van der Waals surface area contributed by atoms with Crippen LogP contribution in [0.3, 0.4) is 0 Å². The van der Waals surface area contributed by atoms with E-state index < -0.39 is 30.5 Å². The van der Waals surface area contributed by atoms with Gasteiger partial charge in [-0.3, -0.25) is 0 Å². The van der Waals surface area contributed by atoms with Crippen molar-refractivity contribution in [2.24, 2.45) is 16.8 Å². The molecule has 0 aliphatic carbocycles. The zero-order valence-corrected chi connectivity index (χ0v) is 9.94. The van der Waals surface area contributed by atoms with E-state index in [1.807, 2.05) is 0 Å². The summed E-state index contributed by atoms with van der Waals surface area (Å²) in [4.78, 5) is 0. The molecule has 0 rings (SSSR count). The van der Waals surface area contributed by atoms with Crippen LogP contribution in [-0.4, -0.2) is 55.2 Å². The summed E-state index contributed by atoms with van der Waals surface area (Å²) < 4.78 is 42.4. The maximum atomic E-state index is 12.6. The summed E-state index contributed by atoms with van der Waals surface area (Å²) in [5.74, 6) is -3.02. The Kier molecular flexibility index (Phi) is 7.64. The summed E-state index contributed by atoms with van der Waals surface area (Å²) in [6.45, 7) is -0.600. The number of aliphatic hydroxyl groups is 1. The Morgan fingerprint density at radius 1 is 1.50 bits per heavy atom. The first-order valence-corrected chi connectivity index (χ1v) is 5.24. The molecule has 5 N–H and O–H groups in total. The first-order chi connectivity index (χ1) is 8.36. The molecule has 0 saturated heterocycles. The van der Waals surface area contributed by atoms with Gasteiger partial charge in [-0.2, -0.15) is 13.2 Å². The second kappa shape index (κ2) is 8.11. The highest BCUT2D eigenvalue weighted by Gasteiger charge is 2.42. The number of alkyl halides is 3. The van der Waals surface area contributed by atoms with Crippen LogP contribution in [0, 0.1) is 5.92 Å². The molecule has 0 bridgehead atoms. The molecular formula is C9H18F3N3O3. The molecule has 6 nitrogen and oxygen atoms in total. The molecule has 0 aliphatic heterocycles. The third kappa shape index (κ3) is 6.03. The highest BCUT2D eigenvalue weighted by atomic mass is 19.4. The first-order valence-electron chi connectivity index (χ1n) is 5.24. The molecule has 9 heteroatoms. The number of methoxy groups -OCH3 is 1. The standard InChI is InChI=1S/C9H18F3N3O3/c1-18-3-2-6(5-16)14-4-7(8(13)15-17)9(10,11)12/h6-7,14,16-17H,2-5H2,1H3,(H2,13,15). The van der Waals surface area contributed by atoms with E-state index in [1.165, 1.54) is 7.11 Å². The van der Waals surface area contributed by atoms with Crippen molar-refractivity contribution in [3.63, 3.8) is 0 Å². The van der Waals surface area contributed by atoms with E-state index in [0.717, 1.165) is 0 Å². The third-order valence-electron chi connectivity index (χ3n) is 2.37. The monoisotopic (exact) mass is 273 g/mol. The Labute approximate surface area is 103 Å². The molecule has 18 heavy (non-hydrogen) atoms. The lowest BCUT2D eigenvalue weighted by molar-refractivity contribution is -0.155. The van der Waals surface area contributed by atoms with Gasteiger partial charge in [-0.05, 0) is 6.42 Å². The van der Waals surface area contributed by atoms with Gasteiger partial charge in [0.25, 0.3) is 0 Å². The molecule has 0 radical (unpaired) electrons. The largest absolute Gasteiger partial charge is 0.409 e. The average Bonchev–Trinajstić information content (AvgIpc) is 2.31. The van der Waals surface area contributed by atoms with Crippen LogP contribution >= 0.6 is 0 Å². The van der Waals surface area contributed by atoms with E-state index in [4.69, 9.17) is 20.8 Å². The Bertz CT molecular complexity index is 261. The van der Waals surface area contributed by atoms with Gasteiger partial charge < -0.3 is 26.1 Å². The minimum Gasteiger partial charge on any atom is -0.409 e. The summed E-state index contributed by atoms with van der Waals surface area (Å²) in [7, 11) is 1.45. The Balaban J connectivity index is 4.42. The lowest BCUT2D eigenvalue weighted by atomic mass is 10.1. The van der Waals surface area contributed by atoms with E-state index in [1.54, 1.807) is 0 Å². The predicted octanol–water partition coefficient (Wildman–Crippen LogP) is -0.102. The number of hydrogen-bond acceptors (Lipinski definition) is 5. The molecule has 2 atom stereocenters. The minimum atomic E-state index is -4.62. The number of oxime groups is 1.